The summed E-state index contributed by atoms with van der Waals surface area (Å²) in [5.41, 5.74) is 0.687. The van der Waals surface area contributed by atoms with Crippen molar-refractivity contribution in [1.29, 1.82) is 0 Å². The number of anilines is 1. The summed E-state index contributed by atoms with van der Waals surface area (Å²) in [7, 11) is 0. The van der Waals surface area contributed by atoms with Gasteiger partial charge in [-0.05, 0) is 31.0 Å². The number of amides is 1. The molecule has 140 valence electrons. The van der Waals surface area contributed by atoms with Gasteiger partial charge in [0.15, 0.2) is 0 Å². The smallest absolute Gasteiger partial charge is 0.345 e. The highest BCUT2D eigenvalue weighted by Crippen LogP contribution is 2.32. The van der Waals surface area contributed by atoms with Crippen LogP contribution in [0.1, 0.15) is 23.7 Å². The maximum Gasteiger partial charge on any atom is 0.471 e. The highest BCUT2D eigenvalue weighted by Gasteiger charge is 2.42. The van der Waals surface area contributed by atoms with E-state index in [1.54, 1.807) is 6.92 Å². The Bertz CT molecular complexity index is 777. The summed E-state index contributed by atoms with van der Waals surface area (Å²) < 4.78 is 55.4. The number of carbonyl (C=O) groups is 1. The molecule has 2 unspecified atom stereocenters. The first-order valence-corrected chi connectivity index (χ1v) is 8.70. The summed E-state index contributed by atoms with van der Waals surface area (Å²) in [5, 5.41) is 2.69. The van der Waals surface area contributed by atoms with Gasteiger partial charge in [-0.2, -0.15) is 17.5 Å². The molecule has 0 bridgehead atoms. The molecule has 0 saturated carbocycles. The number of halogens is 4. The number of rotatable bonds is 3. The third-order valence-corrected chi connectivity index (χ3v) is 5.14. The zero-order chi connectivity index (χ0) is 18.9. The Kier molecular flexibility index (Phi) is 5.12. The van der Waals surface area contributed by atoms with Crippen LogP contribution in [-0.4, -0.2) is 40.6 Å². The van der Waals surface area contributed by atoms with E-state index in [-0.39, 0.29) is 12.5 Å². The second kappa shape index (κ2) is 7.18. The summed E-state index contributed by atoms with van der Waals surface area (Å²) >= 11 is 1.16. The molecule has 2 atom stereocenters. The minimum atomic E-state index is -4.96. The van der Waals surface area contributed by atoms with E-state index in [0.29, 0.717) is 29.5 Å². The molecule has 0 aliphatic carbocycles. The zero-order valence-electron chi connectivity index (χ0n) is 13.8. The number of hydrogen-bond acceptors (Lipinski definition) is 5. The lowest BCUT2D eigenvalue weighted by Crippen LogP contribution is -2.54. The summed E-state index contributed by atoms with van der Waals surface area (Å²) in [6.07, 6.45) is -4.47. The minimum Gasteiger partial charge on any atom is -0.345 e. The van der Waals surface area contributed by atoms with Gasteiger partial charge in [-0.15, -0.1) is 0 Å². The highest BCUT2D eigenvalue weighted by atomic mass is 32.1. The van der Waals surface area contributed by atoms with Gasteiger partial charge >= 0.3 is 12.1 Å². The standard InChI is InChI=1S/C16H16F4N4OS/c1-9-21-15(26-23-9)24-7-6-12(10-2-4-11(17)5-3-10)13(8-24)22-14(25)16(18,19)20/h2-5,12-13H,6-8H2,1H3,(H,22,25). The van der Waals surface area contributed by atoms with Crippen LogP contribution in [0.25, 0.3) is 0 Å². The average molecular weight is 388 g/mol. The van der Waals surface area contributed by atoms with E-state index >= 15 is 0 Å². The van der Waals surface area contributed by atoms with Crippen molar-refractivity contribution < 1.29 is 22.4 Å². The molecule has 10 heteroatoms. The van der Waals surface area contributed by atoms with Crippen molar-refractivity contribution in [3.8, 4) is 0 Å². The van der Waals surface area contributed by atoms with E-state index in [2.05, 4.69) is 14.7 Å². The van der Waals surface area contributed by atoms with Crippen LogP contribution in [0, 0.1) is 12.7 Å². The van der Waals surface area contributed by atoms with E-state index in [9.17, 15) is 22.4 Å². The topological polar surface area (TPSA) is 58.1 Å². The highest BCUT2D eigenvalue weighted by molar-refractivity contribution is 7.09. The average Bonchev–Trinajstić information content (AvgIpc) is 3.01. The number of nitrogens with one attached hydrogen (secondary N) is 1. The van der Waals surface area contributed by atoms with Gasteiger partial charge in [0.25, 0.3) is 0 Å². The third kappa shape index (κ3) is 4.12. The number of hydrogen-bond donors (Lipinski definition) is 1. The lowest BCUT2D eigenvalue weighted by atomic mass is 9.85. The fourth-order valence-electron chi connectivity index (χ4n) is 3.05. The quantitative estimate of drug-likeness (QED) is 0.822. The molecule has 1 N–H and O–H groups in total. The molecular formula is C16H16F4N4OS. The van der Waals surface area contributed by atoms with Crippen LogP contribution in [0.2, 0.25) is 0 Å². The minimum absolute atomic E-state index is 0.165. The number of aromatic nitrogens is 2. The second-order valence-corrected chi connectivity index (χ2v) is 6.82. The molecule has 1 amide bonds. The van der Waals surface area contributed by atoms with E-state index in [4.69, 9.17) is 0 Å². The number of piperidine rings is 1. The molecule has 1 saturated heterocycles. The van der Waals surface area contributed by atoms with Gasteiger partial charge in [-0.1, -0.05) is 12.1 Å². The van der Waals surface area contributed by atoms with Gasteiger partial charge in [-0.25, -0.2) is 9.37 Å². The predicted molar refractivity (Wildman–Crippen MR) is 88.6 cm³/mol. The SMILES string of the molecule is Cc1nsc(N2CCC(c3ccc(F)cc3)C(NC(=O)C(F)(F)F)C2)n1. The van der Waals surface area contributed by atoms with Crippen LogP contribution in [-0.2, 0) is 4.79 Å². The van der Waals surface area contributed by atoms with Crippen molar-refractivity contribution in [3.63, 3.8) is 0 Å². The van der Waals surface area contributed by atoms with Gasteiger partial charge in [0.1, 0.15) is 11.6 Å². The number of aryl methyl sites for hydroxylation is 1. The fraction of sp³-hybridized carbons (Fsp3) is 0.438. The molecule has 2 heterocycles. The van der Waals surface area contributed by atoms with Gasteiger partial charge in [0.05, 0.1) is 6.04 Å². The van der Waals surface area contributed by atoms with Crippen molar-refractivity contribution in [2.75, 3.05) is 18.0 Å². The van der Waals surface area contributed by atoms with Crippen molar-refractivity contribution in [3.05, 3.63) is 41.5 Å². The van der Waals surface area contributed by atoms with Crippen molar-refractivity contribution >= 4 is 22.6 Å². The summed E-state index contributed by atoms with van der Waals surface area (Å²) in [5.74, 6) is -2.18. The van der Waals surface area contributed by atoms with Crippen LogP contribution in [0.5, 0.6) is 0 Å². The Hall–Kier alpha value is -2.23. The Morgan fingerprint density at radius 2 is 2.00 bits per heavy atom. The lowest BCUT2D eigenvalue weighted by molar-refractivity contribution is -0.174. The lowest BCUT2D eigenvalue weighted by Gasteiger charge is -2.39. The van der Waals surface area contributed by atoms with Gasteiger partial charge in [0.2, 0.25) is 5.13 Å². The van der Waals surface area contributed by atoms with Gasteiger partial charge in [-0.3, -0.25) is 4.79 Å². The van der Waals surface area contributed by atoms with Crippen LogP contribution >= 0.6 is 11.5 Å². The Morgan fingerprint density at radius 1 is 1.31 bits per heavy atom. The second-order valence-electron chi connectivity index (χ2n) is 6.09. The molecule has 5 nitrogen and oxygen atoms in total. The molecule has 1 fully saturated rings. The Labute approximate surface area is 151 Å². The first-order valence-electron chi connectivity index (χ1n) is 7.92. The monoisotopic (exact) mass is 388 g/mol. The third-order valence-electron chi connectivity index (χ3n) is 4.27. The number of alkyl halides is 3. The predicted octanol–water partition coefficient (Wildman–Crippen LogP) is 3.03. The molecule has 1 aromatic heterocycles. The molecule has 2 aromatic rings. The van der Waals surface area contributed by atoms with Crippen LogP contribution < -0.4 is 10.2 Å². The maximum absolute atomic E-state index is 13.2. The summed E-state index contributed by atoms with van der Waals surface area (Å²) in [6, 6.07) is 4.82. The number of nitrogens with zero attached hydrogens (tertiary/aromatic N) is 3. The normalized spacial score (nSPS) is 20.9. The molecule has 26 heavy (non-hydrogen) atoms. The molecule has 0 spiro atoms. The van der Waals surface area contributed by atoms with Crippen LogP contribution in [0.15, 0.2) is 24.3 Å². The van der Waals surface area contributed by atoms with Gasteiger partial charge < -0.3 is 10.2 Å². The van der Waals surface area contributed by atoms with E-state index < -0.39 is 23.9 Å². The maximum atomic E-state index is 13.2. The van der Waals surface area contributed by atoms with E-state index in [1.165, 1.54) is 24.3 Å². The molecule has 1 aliphatic rings. The molecule has 1 aromatic carbocycles. The van der Waals surface area contributed by atoms with Crippen LogP contribution in [0.3, 0.4) is 0 Å². The molecule has 0 radical (unpaired) electrons. The zero-order valence-corrected chi connectivity index (χ0v) is 14.6. The van der Waals surface area contributed by atoms with Gasteiger partial charge in [0, 0.05) is 30.5 Å². The van der Waals surface area contributed by atoms with Crippen molar-refractivity contribution in [2.24, 2.45) is 0 Å². The van der Waals surface area contributed by atoms with Crippen molar-refractivity contribution in [2.45, 2.75) is 31.5 Å². The number of benzene rings is 1. The Balaban J connectivity index is 1.84. The molecule has 1 aliphatic heterocycles. The summed E-state index contributed by atoms with van der Waals surface area (Å²) in [6.45, 7) is 2.45. The first-order chi connectivity index (χ1) is 12.2. The molecule has 3 rings (SSSR count). The summed E-state index contributed by atoms with van der Waals surface area (Å²) in [4.78, 5) is 17.5. The van der Waals surface area contributed by atoms with Crippen molar-refractivity contribution in [1.82, 2.24) is 14.7 Å². The fourth-order valence-corrected chi connectivity index (χ4v) is 3.75. The number of carbonyl (C=O) groups excluding carboxylic acids is 1. The largest absolute Gasteiger partial charge is 0.471 e. The van der Waals surface area contributed by atoms with Crippen LogP contribution in [0.4, 0.5) is 22.7 Å². The Morgan fingerprint density at radius 3 is 2.58 bits per heavy atom. The van der Waals surface area contributed by atoms with E-state index in [1.807, 2.05) is 4.90 Å². The first kappa shape index (κ1) is 18.6. The molecular weight excluding hydrogens is 372 g/mol. The van der Waals surface area contributed by atoms with E-state index in [0.717, 1.165) is 11.5 Å².